The van der Waals surface area contributed by atoms with Gasteiger partial charge in [-0.3, -0.25) is 9.36 Å². The summed E-state index contributed by atoms with van der Waals surface area (Å²) in [6.07, 6.45) is 3.50. The van der Waals surface area contributed by atoms with Crippen LogP contribution >= 0.6 is 0 Å². The molecule has 108 valence electrons. The largest absolute Gasteiger partial charge is 0.399 e. The number of nitrogens with two attached hydrogens (primary N) is 1. The Hall–Kier alpha value is -3.08. The highest BCUT2D eigenvalue weighted by molar-refractivity contribution is 6.09. The van der Waals surface area contributed by atoms with Crippen molar-refractivity contribution in [2.24, 2.45) is 7.05 Å². The molecular formula is C17H14N4O. The first kappa shape index (κ1) is 12.6. The molecule has 2 aromatic carbocycles. The van der Waals surface area contributed by atoms with Gasteiger partial charge < -0.3 is 10.3 Å². The molecule has 0 spiro atoms. The van der Waals surface area contributed by atoms with E-state index in [1.165, 1.54) is 0 Å². The Morgan fingerprint density at radius 3 is 2.91 bits per heavy atom. The van der Waals surface area contributed by atoms with Gasteiger partial charge in [-0.05, 0) is 30.3 Å². The van der Waals surface area contributed by atoms with Gasteiger partial charge in [-0.1, -0.05) is 12.1 Å². The number of carbonyl (C=O) groups is 1. The van der Waals surface area contributed by atoms with E-state index in [1.807, 2.05) is 48.1 Å². The standard InChI is InChI=1S/C17H14N4O/c1-20-8-7-11-3-2-4-13(16(11)20)17(22)21-10-19-14-9-12(18)5-6-15(14)21/h2-10H,18H2,1H3. The van der Waals surface area contributed by atoms with Crippen LogP contribution in [0, 0.1) is 0 Å². The molecule has 0 fully saturated rings. The second-order valence-corrected chi connectivity index (χ2v) is 5.34. The van der Waals surface area contributed by atoms with Gasteiger partial charge in [-0.2, -0.15) is 0 Å². The lowest BCUT2D eigenvalue weighted by molar-refractivity contribution is 0.0965. The highest BCUT2D eigenvalue weighted by atomic mass is 16.2. The third-order valence-corrected chi connectivity index (χ3v) is 3.92. The molecule has 0 atom stereocenters. The summed E-state index contributed by atoms with van der Waals surface area (Å²) in [5.41, 5.74) is 9.44. The van der Waals surface area contributed by atoms with E-state index in [-0.39, 0.29) is 5.91 Å². The Balaban J connectivity index is 1.94. The summed E-state index contributed by atoms with van der Waals surface area (Å²) in [7, 11) is 1.94. The number of rotatable bonds is 1. The maximum absolute atomic E-state index is 12.9. The zero-order valence-corrected chi connectivity index (χ0v) is 12.0. The number of aryl methyl sites for hydroxylation is 1. The highest BCUT2D eigenvalue weighted by Gasteiger charge is 2.16. The Bertz CT molecular complexity index is 1030. The van der Waals surface area contributed by atoms with Gasteiger partial charge in [-0.25, -0.2) is 4.98 Å². The number of aromatic nitrogens is 3. The van der Waals surface area contributed by atoms with Crippen LogP contribution in [0.2, 0.25) is 0 Å². The first-order valence-electron chi connectivity index (χ1n) is 6.96. The fourth-order valence-electron chi connectivity index (χ4n) is 2.85. The second kappa shape index (κ2) is 4.46. The molecule has 0 saturated carbocycles. The zero-order chi connectivity index (χ0) is 15.3. The van der Waals surface area contributed by atoms with Crippen LogP contribution in [0.5, 0.6) is 0 Å². The first-order valence-corrected chi connectivity index (χ1v) is 6.96. The minimum absolute atomic E-state index is 0.0975. The van der Waals surface area contributed by atoms with Crippen molar-refractivity contribution in [3.05, 3.63) is 60.6 Å². The van der Waals surface area contributed by atoms with Gasteiger partial charge >= 0.3 is 0 Å². The predicted octanol–water partition coefficient (Wildman–Crippen LogP) is 2.80. The molecular weight excluding hydrogens is 276 g/mol. The van der Waals surface area contributed by atoms with Gasteiger partial charge in [0.15, 0.2) is 0 Å². The average molecular weight is 290 g/mol. The molecule has 0 saturated heterocycles. The fraction of sp³-hybridized carbons (Fsp3) is 0.0588. The fourth-order valence-corrected chi connectivity index (χ4v) is 2.85. The smallest absolute Gasteiger partial charge is 0.265 e. The second-order valence-electron chi connectivity index (χ2n) is 5.34. The van der Waals surface area contributed by atoms with Crippen molar-refractivity contribution < 1.29 is 4.79 Å². The van der Waals surface area contributed by atoms with E-state index in [9.17, 15) is 4.79 Å². The van der Waals surface area contributed by atoms with Crippen molar-refractivity contribution in [1.82, 2.24) is 14.1 Å². The number of nitrogen functional groups attached to an aromatic ring is 1. The van der Waals surface area contributed by atoms with Crippen molar-refractivity contribution in [2.45, 2.75) is 0 Å². The molecule has 4 rings (SSSR count). The van der Waals surface area contributed by atoms with Gasteiger partial charge in [0.2, 0.25) is 0 Å². The van der Waals surface area contributed by atoms with E-state index >= 15 is 0 Å². The molecule has 0 amide bonds. The zero-order valence-electron chi connectivity index (χ0n) is 12.0. The summed E-state index contributed by atoms with van der Waals surface area (Å²) in [6.45, 7) is 0. The molecule has 0 aliphatic carbocycles. The maximum atomic E-state index is 12.9. The van der Waals surface area contributed by atoms with Crippen LogP contribution in [0.15, 0.2) is 55.0 Å². The molecule has 2 N–H and O–H groups in total. The lowest BCUT2D eigenvalue weighted by Crippen LogP contribution is -2.12. The van der Waals surface area contributed by atoms with Gasteiger partial charge in [0.05, 0.1) is 22.1 Å². The molecule has 0 bridgehead atoms. The lowest BCUT2D eigenvalue weighted by atomic mass is 10.1. The minimum atomic E-state index is -0.0975. The summed E-state index contributed by atoms with van der Waals surface area (Å²) >= 11 is 0. The van der Waals surface area contributed by atoms with Crippen LogP contribution in [0.3, 0.4) is 0 Å². The van der Waals surface area contributed by atoms with Crippen LogP contribution in [0.4, 0.5) is 5.69 Å². The van der Waals surface area contributed by atoms with Crippen LogP contribution < -0.4 is 5.73 Å². The molecule has 2 aromatic heterocycles. The normalized spacial score (nSPS) is 11.3. The molecule has 2 heterocycles. The molecule has 0 radical (unpaired) electrons. The third-order valence-electron chi connectivity index (χ3n) is 3.92. The number of fused-ring (bicyclic) bond motifs is 2. The summed E-state index contributed by atoms with van der Waals surface area (Å²) in [5, 5.41) is 1.04. The summed E-state index contributed by atoms with van der Waals surface area (Å²) in [5.74, 6) is -0.0975. The SMILES string of the molecule is Cn1ccc2cccc(C(=O)n3cnc4cc(N)ccc43)c21. The highest BCUT2D eigenvalue weighted by Crippen LogP contribution is 2.23. The number of carbonyl (C=O) groups excluding carboxylic acids is 1. The van der Waals surface area contributed by atoms with E-state index in [1.54, 1.807) is 23.0 Å². The number of imidazole rings is 1. The number of benzene rings is 2. The topological polar surface area (TPSA) is 65.8 Å². The van der Waals surface area contributed by atoms with Gasteiger partial charge in [-0.15, -0.1) is 0 Å². The molecule has 0 aliphatic heterocycles. The summed E-state index contributed by atoms with van der Waals surface area (Å²) < 4.78 is 3.52. The van der Waals surface area contributed by atoms with Crippen LogP contribution in [0.1, 0.15) is 10.4 Å². The lowest BCUT2D eigenvalue weighted by Gasteiger charge is -2.07. The van der Waals surface area contributed by atoms with Gasteiger partial charge in [0, 0.05) is 24.3 Å². The Labute approximate surface area is 126 Å². The number of nitrogens with zero attached hydrogens (tertiary/aromatic N) is 3. The number of anilines is 1. The Morgan fingerprint density at radius 1 is 1.18 bits per heavy atom. The van der Waals surface area contributed by atoms with E-state index in [2.05, 4.69) is 4.98 Å². The quantitative estimate of drug-likeness (QED) is 0.548. The van der Waals surface area contributed by atoms with Crippen molar-refractivity contribution in [3.63, 3.8) is 0 Å². The molecule has 5 heteroatoms. The summed E-state index contributed by atoms with van der Waals surface area (Å²) in [4.78, 5) is 17.2. The molecule has 5 nitrogen and oxygen atoms in total. The predicted molar refractivity (Wildman–Crippen MR) is 86.8 cm³/mol. The number of hydrogen-bond acceptors (Lipinski definition) is 3. The maximum Gasteiger partial charge on any atom is 0.265 e. The van der Waals surface area contributed by atoms with E-state index in [0.29, 0.717) is 16.8 Å². The average Bonchev–Trinajstić information content (AvgIpc) is 3.10. The van der Waals surface area contributed by atoms with Crippen molar-refractivity contribution in [2.75, 3.05) is 5.73 Å². The Morgan fingerprint density at radius 2 is 2.05 bits per heavy atom. The van der Waals surface area contributed by atoms with Gasteiger partial charge in [0.25, 0.3) is 5.91 Å². The third kappa shape index (κ3) is 1.72. The summed E-state index contributed by atoms with van der Waals surface area (Å²) in [6, 6.07) is 13.1. The van der Waals surface area contributed by atoms with E-state index in [4.69, 9.17) is 5.73 Å². The number of para-hydroxylation sites is 1. The monoisotopic (exact) mass is 290 g/mol. The van der Waals surface area contributed by atoms with E-state index < -0.39 is 0 Å². The molecule has 0 aliphatic rings. The van der Waals surface area contributed by atoms with Crippen molar-refractivity contribution >= 4 is 33.5 Å². The van der Waals surface area contributed by atoms with Crippen molar-refractivity contribution in [3.8, 4) is 0 Å². The minimum Gasteiger partial charge on any atom is -0.399 e. The van der Waals surface area contributed by atoms with Gasteiger partial charge in [0.1, 0.15) is 6.33 Å². The Kier molecular flexibility index (Phi) is 2.56. The first-order chi connectivity index (χ1) is 10.6. The van der Waals surface area contributed by atoms with Crippen LogP contribution in [-0.4, -0.2) is 20.0 Å². The molecule has 0 unspecified atom stereocenters. The van der Waals surface area contributed by atoms with E-state index in [0.717, 1.165) is 16.4 Å². The number of hydrogen-bond donors (Lipinski definition) is 1. The van der Waals surface area contributed by atoms with Crippen molar-refractivity contribution in [1.29, 1.82) is 0 Å². The molecule has 22 heavy (non-hydrogen) atoms. The molecule has 4 aromatic rings. The van der Waals surface area contributed by atoms with Crippen LogP contribution in [-0.2, 0) is 7.05 Å². The van der Waals surface area contributed by atoms with Crippen LogP contribution in [0.25, 0.3) is 21.9 Å².